The molecule has 122 valence electrons. The third-order valence-corrected chi connectivity index (χ3v) is 4.31. The average Bonchev–Trinajstić information content (AvgIpc) is 3.03. The molecule has 1 saturated heterocycles. The molecule has 0 spiro atoms. The normalized spacial score (nSPS) is 22.7. The van der Waals surface area contributed by atoms with Gasteiger partial charge in [0.2, 0.25) is 11.8 Å². The van der Waals surface area contributed by atoms with Crippen molar-refractivity contribution in [3.8, 4) is 0 Å². The van der Waals surface area contributed by atoms with Crippen molar-refractivity contribution in [3.05, 3.63) is 11.6 Å². The molecule has 1 aliphatic heterocycles. The molecule has 2 amide bonds. The third kappa shape index (κ3) is 3.67. The van der Waals surface area contributed by atoms with Gasteiger partial charge in [-0.3, -0.25) is 9.59 Å². The van der Waals surface area contributed by atoms with E-state index in [4.69, 9.17) is 4.74 Å². The monoisotopic (exact) mass is 308 g/mol. The number of hydrogen-bond donors (Lipinski definition) is 1. The van der Waals surface area contributed by atoms with Crippen molar-refractivity contribution in [2.75, 3.05) is 13.7 Å². The Bertz CT molecular complexity index is 487. The summed E-state index contributed by atoms with van der Waals surface area (Å²) >= 11 is 0. The molecule has 6 heteroatoms. The first kappa shape index (κ1) is 16.5. The molecule has 0 aromatic heterocycles. The minimum atomic E-state index is -0.638. The molecule has 0 radical (unpaired) electrons. The number of allylic oxidation sites excluding steroid dienone is 1. The number of hydrogen-bond acceptors (Lipinski definition) is 4. The Balaban J connectivity index is 1.95. The largest absolute Gasteiger partial charge is 0.467 e. The Morgan fingerprint density at radius 1 is 1.32 bits per heavy atom. The van der Waals surface area contributed by atoms with Crippen molar-refractivity contribution in [2.24, 2.45) is 0 Å². The van der Waals surface area contributed by atoms with Gasteiger partial charge in [0.25, 0.3) is 0 Å². The lowest BCUT2D eigenvalue weighted by atomic mass is 9.99. The van der Waals surface area contributed by atoms with Crippen LogP contribution in [0.4, 0.5) is 0 Å². The first-order chi connectivity index (χ1) is 10.5. The van der Waals surface area contributed by atoms with Crippen molar-refractivity contribution < 1.29 is 19.1 Å². The molecule has 2 rings (SSSR count). The minimum absolute atomic E-state index is 0.172. The van der Waals surface area contributed by atoms with E-state index in [1.54, 1.807) is 6.92 Å². The SMILES string of the molecule is COC(=O)[C@@H]1CCCN1C(=O)[C@H](C)NC(=O)C1=CCCCC1. The van der Waals surface area contributed by atoms with Gasteiger partial charge in [0.1, 0.15) is 12.1 Å². The van der Waals surface area contributed by atoms with Crippen LogP contribution in [-0.2, 0) is 19.1 Å². The molecule has 1 N–H and O–H groups in total. The number of amides is 2. The maximum atomic E-state index is 12.5. The Morgan fingerprint density at radius 2 is 2.09 bits per heavy atom. The fraction of sp³-hybridized carbons (Fsp3) is 0.688. The second-order valence-electron chi connectivity index (χ2n) is 5.88. The maximum absolute atomic E-state index is 12.5. The van der Waals surface area contributed by atoms with Gasteiger partial charge in [0.05, 0.1) is 7.11 Å². The highest BCUT2D eigenvalue weighted by Gasteiger charge is 2.37. The number of carbonyl (C=O) groups is 3. The molecule has 0 aromatic carbocycles. The van der Waals surface area contributed by atoms with Crippen molar-refractivity contribution in [1.29, 1.82) is 0 Å². The summed E-state index contributed by atoms with van der Waals surface area (Å²) in [5.74, 6) is -0.786. The Labute approximate surface area is 130 Å². The highest BCUT2D eigenvalue weighted by atomic mass is 16.5. The van der Waals surface area contributed by atoms with Gasteiger partial charge >= 0.3 is 5.97 Å². The van der Waals surface area contributed by atoms with Gasteiger partial charge in [0.15, 0.2) is 0 Å². The minimum Gasteiger partial charge on any atom is -0.467 e. The predicted molar refractivity (Wildman–Crippen MR) is 80.9 cm³/mol. The smallest absolute Gasteiger partial charge is 0.328 e. The molecular formula is C16H24N2O4. The third-order valence-electron chi connectivity index (χ3n) is 4.31. The van der Waals surface area contributed by atoms with Crippen molar-refractivity contribution in [3.63, 3.8) is 0 Å². The quantitative estimate of drug-likeness (QED) is 0.791. The van der Waals surface area contributed by atoms with Crippen LogP contribution in [0.3, 0.4) is 0 Å². The van der Waals surface area contributed by atoms with Crippen LogP contribution in [0, 0.1) is 0 Å². The summed E-state index contributed by atoms with van der Waals surface area (Å²) in [4.78, 5) is 37.9. The van der Waals surface area contributed by atoms with Gasteiger partial charge in [-0.1, -0.05) is 6.08 Å². The summed E-state index contributed by atoms with van der Waals surface area (Å²) in [6, 6.07) is -1.16. The van der Waals surface area contributed by atoms with Gasteiger partial charge < -0.3 is 15.0 Å². The number of nitrogens with zero attached hydrogens (tertiary/aromatic N) is 1. The van der Waals surface area contributed by atoms with E-state index < -0.39 is 12.1 Å². The molecule has 0 bridgehead atoms. The number of esters is 1. The number of methoxy groups -OCH3 is 1. The molecular weight excluding hydrogens is 284 g/mol. The topological polar surface area (TPSA) is 75.7 Å². The first-order valence-electron chi connectivity index (χ1n) is 7.92. The van der Waals surface area contributed by atoms with E-state index in [9.17, 15) is 14.4 Å². The van der Waals surface area contributed by atoms with Gasteiger partial charge in [-0.2, -0.15) is 0 Å². The summed E-state index contributed by atoms with van der Waals surface area (Å²) in [6.07, 6.45) is 7.14. The van der Waals surface area contributed by atoms with Crippen LogP contribution in [0.5, 0.6) is 0 Å². The van der Waals surface area contributed by atoms with E-state index in [1.807, 2.05) is 6.08 Å². The highest BCUT2D eigenvalue weighted by molar-refractivity contribution is 5.97. The van der Waals surface area contributed by atoms with E-state index in [0.717, 1.165) is 37.7 Å². The molecule has 6 nitrogen and oxygen atoms in total. The van der Waals surface area contributed by atoms with Gasteiger partial charge in [-0.05, 0) is 45.4 Å². The summed E-state index contributed by atoms with van der Waals surface area (Å²) in [5.41, 5.74) is 0.761. The number of carbonyl (C=O) groups excluding carboxylic acids is 3. The molecule has 1 heterocycles. The Hall–Kier alpha value is -1.85. The van der Waals surface area contributed by atoms with E-state index in [-0.39, 0.29) is 17.8 Å². The van der Waals surface area contributed by atoms with E-state index in [2.05, 4.69) is 5.32 Å². The van der Waals surface area contributed by atoms with Gasteiger partial charge in [0, 0.05) is 12.1 Å². The lowest BCUT2D eigenvalue weighted by Gasteiger charge is -2.26. The zero-order valence-electron chi connectivity index (χ0n) is 13.3. The highest BCUT2D eigenvalue weighted by Crippen LogP contribution is 2.20. The average molecular weight is 308 g/mol. The van der Waals surface area contributed by atoms with Crippen LogP contribution < -0.4 is 5.32 Å². The molecule has 0 unspecified atom stereocenters. The second-order valence-corrected chi connectivity index (χ2v) is 5.88. The Kier molecular flexibility index (Phi) is 5.57. The molecule has 2 aliphatic rings. The van der Waals surface area contributed by atoms with Crippen molar-refractivity contribution in [2.45, 2.75) is 57.5 Å². The molecule has 22 heavy (non-hydrogen) atoms. The maximum Gasteiger partial charge on any atom is 0.328 e. The lowest BCUT2D eigenvalue weighted by molar-refractivity contribution is -0.151. The lowest BCUT2D eigenvalue weighted by Crippen LogP contribution is -2.50. The zero-order chi connectivity index (χ0) is 16.1. The van der Waals surface area contributed by atoms with Crippen molar-refractivity contribution in [1.82, 2.24) is 10.2 Å². The number of rotatable bonds is 4. The molecule has 1 aliphatic carbocycles. The first-order valence-corrected chi connectivity index (χ1v) is 7.92. The van der Waals surface area contributed by atoms with Crippen LogP contribution >= 0.6 is 0 Å². The summed E-state index contributed by atoms with van der Waals surface area (Å²) in [6.45, 7) is 2.19. The van der Waals surface area contributed by atoms with Gasteiger partial charge in [-0.15, -0.1) is 0 Å². The van der Waals surface area contributed by atoms with Crippen LogP contribution in [0.15, 0.2) is 11.6 Å². The van der Waals surface area contributed by atoms with Crippen LogP contribution in [0.1, 0.15) is 45.4 Å². The standard InChI is InChI=1S/C16H24N2O4/c1-11(17-14(19)12-7-4-3-5-8-12)15(20)18-10-6-9-13(18)16(21)22-2/h7,11,13H,3-6,8-10H2,1-2H3,(H,17,19)/t11-,13-/m0/s1. The van der Waals surface area contributed by atoms with Crippen LogP contribution in [-0.4, -0.2) is 48.4 Å². The van der Waals surface area contributed by atoms with Crippen LogP contribution in [0.2, 0.25) is 0 Å². The molecule has 0 aromatic rings. The van der Waals surface area contributed by atoms with Gasteiger partial charge in [-0.25, -0.2) is 4.79 Å². The van der Waals surface area contributed by atoms with Crippen LogP contribution in [0.25, 0.3) is 0 Å². The fourth-order valence-electron chi connectivity index (χ4n) is 3.06. The summed E-state index contributed by atoms with van der Waals surface area (Å²) < 4.78 is 4.74. The molecule has 1 fully saturated rings. The zero-order valence-corrected chi connectivity index (χ0v) is 13.3. The number of likely N-dealkylation sites (tertiary alicyclic amines) is 1. The van der Waals surface area contributed by atoms with Crippen molar-refractivity contribution >= 4 is 17.8 Å². The number of nitrogens with one attached hydrogen (secondary N) is 1. The number of ether oxygens (including phenoxy) is 1. The summed E-state index contributed by atoms with van der Waals surface area (Å²) in [5, 5.41) is 2.75. The Morgan fingerprint density at radius 3 is 2.73 bits per heavy atom. The summed E-state index contributed by atoms with van der Waals surface area (Å²) in [7, 11) is 1.32. The fourth-order valence-corrected chi connectivity index (χ4v) is 3.06. The van der Waals surface area contributed by atoms with E-state index in [0.29, 0.717) is 13.0 Å². The second kappa shape index (κ2) is 7.42. The molecule has 0 saturated carbocycles. The predicted octanol–water partition coefficient (Wildman–Crippen LogP) is 1.16. The molecule has 2 atom stereocenters. The van der Waals surface area contributed by atoms with E-state index in [1.165, 1.54) is 12.0 Å². The van der Waals surface area contributed by atoms with E-state index >= 15 is 0 Å².